The fourth-order valence-corrected chi connectivity index (χ4v) is 2.26. The van der Waals surface area contributed by atoms with E-state index in [1.54, 1.807) is 0 Å². The first-order chi connectivity index (χ1) is 9.24. The van der Waals surface area contributed by atoms with E-state index in [9.17, 15) is 4.79 Å². The van der Waals surface area contributed by atoms with Gasteiger partial charge in [-0.05, 0) is 18.1 Å². The molecule has 1 atom stereocenters. The topological polar surface area (TPSA) is 80.1 Å². The molecule has 1 amide bonds. The first-order valence-electron chi connectivity index (χ1n) is 6.43. The Hall–Kier alpha value is -1.85. The van der Waals surface area contributed by atoms with Crippen LogP contribution in [0.3, 0.4) is 0 Å². The number of benzene rings is 1. The van der Waals surface area contributed by atoms with Gasteiger partial charge in [-0.15, -0.1) is 0 Å². The first kappa shape index (κ1) is 12.2. The number of ether oxygens (including phenoxy) is 1. The van der Waals surface area contributed by atoms with Crippen molar-refractivity contribution in [2.24, 2.45) is 5.73 Å². The van der Waals surface area contributed by atoms with Crippen LogP contribution in [0.2, 0.25) is 0 Å². The first-order valence-corrected chi connectivity index (χ1v) is 6.43. The SMILES string of the molecule is N[C@H](Cc1c[nH]c2ccccc12)C(=O)NC1COC1. The minimum atomic E-state index is -0.528. The van der Waals surface area contributed by atoms with Gasteiger partial charge < -0.3 is 20.8 Å². The van der Waals surface area contributed by atoms with E-state index in [4.69, 9.17) is 10.5 Å². The quantitative estimate of drug-likeness (QED) is 0.750. The van der Waals surface area contributed by atoms with Crippen LogP contribution in [-0.2, 0) is 16.0 Å². The fraction of sp³-hybridized carbons (Fsp3) is 0.357. The monoisotopic (exact) mass is 259 g/mol. The van der Waals surface area contributed by atoms with Crippen LogP contribution in [0.15, 0.2) is 30.5 Å². The highest BCUT2D eigenvalue weighted by molar-refractivity contribution is 5.86. The fourth-order valence-electron chi connectivity index (χ4n) is 2.26. The number of amides is 1. The summed E-state index contributed by atoms with van der Waals surface area (Å²) in [4.78, 5) is 15.1. The molecule has 19 heavy (non-hydrogen) atoms. The zero-order valence-corrected chi connectivity index (χ0v) is 10.6. The van der Waals surface area contributed by atoms with Gasteiger partial charge in [0, 0.05) is 17.1 Å². The maximum absolute atomic E-state index is 11.9. The summed E-state index contributed by atoms with van der Waals surface area (Å²) in [6, 6.07) is 7.60. The highest BCUT2D eigenvalue weighted by Crippen LogP contribution is 2.18. The summed E-state index contributed by atoms with van der Waals surface area (Å²) < 4.78 is 5.02. The third kappa shape index (κ3) is 2.47. The van der Waals surface area contributed by atoms with Crippen molar-refractivity contribution < 1.29 is 9.53 Å². The zero-order chi connectivity index (χ0) is 13.2. The summed E-state index contributed by atoms with van der Waals surface area (Å²) in [6.07, 6.45) is 2.45. The van der Waals surface area contributed by atoms with E-state index in [2.05, 4.69) is 10.3 Å². The molecule has 1 fully saturated rings. The van der Waals surface area contributed by atoms with Crippen LogP contribution < -0.4 is 11.1 Å². The lowest BCUT2D eigenvalue weighted by atomic mass is 10.0. The van der Waals surface area contributed by atoms with Crippen molar-refractivity contribution in [1.29, 1.82) is 0 Å². The number of nitrogens with two attached hydrogens (primary N) is 1. The Kier molecular flexibility index (Phi) is 3.23. The molecule has 4 N–H and O–H groups in total. The molecular weight excluding hydrogens is 242 g/mol. The van der Waals surface area contributed by atoms with Crippen LogP contribution in [0, 0.1) is 0 Å². The number of aromatic amines is 1. The highest BCUT2D eigenvalue weighted by atomic mass is 16.5. The Labute approximate surface area is 111 Å². The average Bonchev–Trinajstić information content (AvgIpc) is 2.77. The highest BCUT2D eigenvalue weighted by Gasteiger charge is 2.24. The second kappa shape index (κ2) is 5.03. The number of para-hydroxylation sites is 1. The predicted octanol–water partition coefficient (Wildman–Crippen LogP) is 0.553. The van der Waals surface area contributed by atoms with E-state index >= 15 is 0 Å². The molecule has 0 aliphatic carbocycles. The Morgan fingerprint density at radius 2 is 2.26 bits per heavy atom. The molecule has 1 aliphatic heterocycles. The zero-order valence-electron chi connectivity index (χ0n) is 10.6. The lowest BCUT2D eigenvalue weighted by molar-refractivity contribution is -0.126. The number of H-pyrrole nitrogens is 1. The third-order valence-electron chi connectivity index (χ3n) is 3.44. The van der Waals surface area contributed by atoms with Crippen molar-refractivity contribution >= 4 is 16.8 Å². The molecule has 2 aromatic rings. The van der Waals surface area contributed by atoms with Gasteiger partial charge in [0.25, 0.3) is 0 Å². The molecular formula is C14H17N3O2. The molecule has 0 unspecified atom stereocenters. The van der Waals surface area contributed by atoms with E-state index in [1.807, 2.05) is 30.5 Å². The minimum absolute atomic E-state index is 0.112. The Morgan fingerprint density at radius 1 is 1.47 bits per heavy atom. The number of hydrogen-bond donors (Lipinski definition) is 3. The molecule has 0 saturated carbocycles. The summed E-state index contributed by atoms with van der Waals surface area (Å²) in [5.41, 5.74) is 8.10. The number of nitrogens with one attached hydrogen (secondary N) is 2. The van der Waals surface area contributed by atoms with E-state index in [0.717, 1.165) is 16.5 Å². The summed E-state index contributed by atoms with van der Waals surface area (Å²) in [6.45, 7) is 1.18. The van der Waals surface area contributed by atoms with Gasteiger partial charge in [-0.2, -0.15) is 0 Å². The van der Waals surface area contributed by atoms with Crippen molar-refractivity contribution in [1.82, 2.24) is 10.3 Å². The van der Waals surface area contributed by atoms with Gasteiger partial charge in [-0.3, -0.25) is 4.79 Å². The van der Waals surface area contributed by atoms with Crippen molar-refractivity contribution in [3.05, 3.63) is 36.0 Å². The van der Waals surface area contributed by atoms with Crippen LogP contribution in [0.4, 0.5) is 0 Å². The van der Waals surface area contributed by atoms with Gasteiger partial charge in [0.1, 0.15) is 0 Å². The molecule has 2 heterocycles. The second-order valence-electron chi connectivity index (χ2n) is 4.91. The van der Waals surface area contributed by atoms with Crippen LogP contribution >= 0.6 is 0 Å². The summed E-state index contributed by atoms with van der Waals surface area (Å²) in [7, 11) is 0. The predicted molar refractivity (Wildman–Crippen MR) is 72.7 cm³/mol. The number of rotatable bonds is 4. The molecule has 0 bridgehead atoms. The summed E-state index contributed by atoms with van der Waals surface area (Å²) in [5, 5.41) is 4.00. The van der Waals surface area contributed by atoms with Crippen LogP contribution in [0.5, 0.6) is 0 Å². The lowest BCUT2D eigenvalue weighted by Gasteiger charge is -2.28. The Bertz CT molecular complexity index is 589. The smallest absolute Gasteiger partial charge is 0.237 e. The average molecular weight is 259 g/mol. The van der Waals surface area contributed by atoms with Crippen LogP contribution in [-0.4, -0.2) is 36.2 Å². The lowest BCUT2D eigenvalue weighted by Crippen LogP contribution is -2.53. The normalized spacial score (nSPS) is 17.1. The number of carbonyl (C=O) groups is 1. The van der Waals surface area contributed by atoms with Gasteiger partial charge >= 0.3 is 0 Å². The molecule has 0 spiro atoms. The maximum atomic E-state index is 11.9. The van der Waals surface area contributed by atoms with Gasteiger partial charge in [0.2, 0.25) is 5.91 Å². The van der Waals surface area contributed by atoms with E-state index in [-0.39, 0.29) is 11.9 Å². The molecule has 3 rings (SSSR count). The Morgan fingerprint density at radius 3 is 3.00 bits per heavy atom. The van der Waals surface area contributed by atoms with E-state index in [0.29, 0.717) is 19.6 Å². The van der Waals surface area contributed by atoms with Gasteiger partial charge in [-0.25, -0.2) is 0 Å². The van der Waals surface area contributed by atoms with Gasteiger partial charge in [0.15, 0.2) is 0 Å². The molecule has 1 aromatic carbocycles. The largest absolute Gasteiger partial charge is 0.377 e. The molecule has 1 aliphatic rings. The van der Waals surface area contributed by atoms with Crippen LogP contribution in [0.1, 0.15) is 5.56 Å². The van der Waals surface area contributed by atoms with Crippen LogP contribution in [0.25, 0.3) is 10.9 Å². The number of carbonyl (C=O) groups excluding carboxylic acids is 1. The second-order valence-corrected chi connectivity index (χ2v) is 4.91. The van der Waals surface area contributed by atoms with Crippen molar-refractivity contribution in [2.45, 2.75) is 18.5 Å². The van der Waals surface area contributed by atoms with Gasteiger partial charge in [0.05, 0.1) is 25.3 Å². The Balaban J connectivity index is 1.68. The number of aromatic nitrogens is 1. The number of hydrogen-bond acceptors (Lipinski definition) is 3. The molecule has 1 aromatic heterocycles. The van der Waals surface area contributed by atoms with E-state index in [1.165, 1.54) is 0 Å². The van der Waals surface area contributed by atoms with Crippen molar-refractivity contribution in [3.63, 3.8) is 0 Å². The van der Waals surface area contributed by atoms with E-state index < -0.39 is 6.04 Å². The van der Waals surface area contributed by atoms with Gasteiger partial charge in [-0.1, -0.05) is 18.2 Å². The van der Waals surface area contributed by atoms with Crippen molar-refractivity contribution in [3.8, 4) is 0 Å². The standard InChI is InChI=1S/C14H17N3O2/c15-12(14(18)17-10-7-19-8-10)5-9-6-16-13-4-2-1-3-11(9)13/h1-4,6,10,12,16H,5,7-8,15H2,(H,17,18)/t12-/m1/s1. The summed E-state index contributed by atoms with van der Waals surface area (Å²) in [5.74, 6) is -0.112. The minimum Gasteiger partial charge on any atom is -0.377 e. The third-order valence-corrected chi connectivity index (χ3v) is 3.44. The van der Waals surface area contributed by atoms with Crippen molar-refractivity contribution in [2.75, 3.05) is 13.2 Å². The maximum Gasteiger partial charge on any atom is 0.237 e. The summed E-state index contributed by atoms with van der Waals surface area (Å²) >= 11 is 0. The molecule has 0 radical (unpaired) electrons. The molecule has 1 saturated heterocycles. The molecule has 5 nitrogen and oxygen atoms in total. The molecule has 5 heteroatoms. The molecule has 100 valence electrons. The number of fused-ring (bicyclic) bond motifs is 1.